The van der Waals surface area contributed by atoms with E-state index in [-0.39, 0.29) is 61.8 Å². The van der Waals surface area contributed by atoms with Gasteiger partial charge in [0.1, 0.15) is 0 Å². The normalized spacial score (nSPS) is 10.2. The first kappa shape index (κ1) is 30.1. The van der Waals surface area contributed by atoms with Gasteiger partial charge in [-0.1, -0.05) is 101 Å². The third-order valence-electron chi connectivity index (χ3n) is 3.39. The molecule has 2 rings (SSSR count). The van der Waals surface area contributed by atoms with Crippen LogP contribution in [0.15, 0.2) is 58.3 Å². The topological polar surface area (TPSA) is 0 Å². The molecule has 0 nitrogen and oxygen atoms in total. The van der Waals surface area contributed by atoms with Crippen molar-refractivity contribution >= 4 is 25.3 Å². The second kappa shape index (κ2) is 12.7. The van der Waals surface area contributed by atoms with E-state index in [0.717, 1.165) is 9.79 Å². The van der Waals surface area contributed by atoms with Crippen molar-refractivity contribution in [3.8, 4) is 0 Å². The second-order valence-electron chi connectivity index (χ2n) is 7.49. The smallest absolute Gasteiger partial charge is 1.00 e. The number of benzene rings is 2. The molecule has 0 aromatic heterocycles. The van der Waals surface area contributed by atoms with Gasteiger partial charge in [0.25, 0.3) is 0 Å². The van der Waals surface area contributed by atoms with E-state index in [4.69, 9.17) is 25.3 Å². The summed E-state index contributed by atoms with van der Waals surface area (Å²) in [6.45, 7) is 13.1. The Kier molecular flexibility index (Phi) is 15.3. The molecule has 0 saturated carbocycles. The molecule has 136 valence electrons. The SMILES string of the molecule is CC(C)(C)c1ccccc1[S-].CC(C)(C)c1ccccc1[S-].[Cl-].[Cl-].[Zr+4]. The van der Waals surface area contributed by atoms with Crippen LogP contribution < -0.4 is 24.8 Å². The average Bonchev–Trinajstić information content (AvgIpc) is 2.37. The van der Waals surface area contributed by atoms with E-state index in [0.29, 0.717) is 0 Å². The van der Waals surface area contributed by atoms with Gasteiger partial charge in [-0.05, 0) is 10.8 Å². The van der Waals surface area contributed by atoms with Crippen molar-refractivity contribution in [3.05, 3.63) is 59.7 Å². The average molecular weight is 493 g/mol. The largest absolute Gasteiger partial charge is 4.00 e. The fraction of sp³-hybridized carbons (Fsp3) is 0.400. The van der Waals surface area contributed by atoms with Crippen LogP contribution in [-0.4, -0.2) is 0 Å². The third-order valence-corrected chi connectivity index (χ3v) is 4.10. The third kappa shape index (κ3) is 10.3. The Hall–Kier alpha value is 0.343. The summed E-state index contributed by atoms with van der Waals surface area (Å²) in [6.07, 6.45) is 0. The van der Waals surface area contributed by atoms with E-state index in [1.165, 1.54) is 11.1 Å². The summed E-state index contributed by atoms with van der Waals surface area (Å²) in [5.74, 6) is 0. The van der Waals surface area contributed by atoms with E-state index < -0.39 is 0 Å². The van der Waals surface area contributed by atoms with E-state index in [1.807, 2.05) is 36.4 Å². The zero-order valence-electron chi connectivity index (χ0n) is 15.7. The van der Waals surface area contributed by atoms with Gasteiger partial charge in [-0.25, -0.2) is 0 Å². The van der Waals surface area contributed by atoms with Gasteiger partial charge in [0.2, 0.25) is 0 Å². The molecule has 2 aromatic carbocycles. The molecule has 0 N–H and O–H groups in total. The van der Waals surface area contributed by atoms with Gasteiger partial charge in [0.15, 0.2) is 0 Å². The van der Waals surface area contributed by atoms with Gasteiger partial charge < -0.3 is 50.1 Å². The van der Waals surface area contributed by atoms with Crippen LogP contribution in [0.1, 0.15) is 52.7 Å². The fourth-order valence-electron chi connectivity index (χ4n) is 2.17. The Morgan fingerprint density at radius 1 is 0.560 bits per heavy atom. The Bertz CT molecular complexity index is 562. The molecule has 0 radical (unpaired) electrons. The summed E-state index contributed by atoms with van der Waals surface area (Å²) < 4.78 is 0. The molecule has 0 bridgehead atoms. The first-order valence-corrected chi connectivity index (χ1v) is 8.38. The molecule has 0 heterocycles. The maximum absolute atomic E-state index is 5.20. The minimum atomic E-state index is 0. The van der Waals surface area contributed by atoms with Crippen LogP contribution in [0.4, 0.5) is 0 Å². The first-order valence-electron chi connectivity index (χ1n) is 7.56. The second-order valence-corrected chi connectivity index (χ2v) is 8.37. The minimum Gasteiger partial charge on any atom is -1.00 e. The van der Waals surface area contributed by atoms with Crippen molar-refractivity contribution in [2.24, 2.45) is 0 Å². The van der Waals surface area contributed by atoms with Crippen LogP contribution in [0.5, 0.6) is 0 Å². The molecule has 0 aliphatic rings. The number of halogens is 2. The van der Waals surface area contributed by atoms with Crippen LogP contribution in [0.3, 0.4) is 0 Å². The van der Waals surface area contributed by atoms with Gasteiger partial charge >= 0.3 is 26.2 Å². The van der Waals surface area contributed by atoms with Gasteiger partial charge in [-0.15, -0.1) is 0 Å². The van der Waals surface area contributed by atoms with Gasteiger partial charge in [-0.3, -0.25) is 0 Å². The number of hydrogen-bond acceptors (Lipinski definition) is 2. The van der Waals surface area contributed by atoms with Crippen LogP contribution in [0, 0.1) is 0 Å². The van der Waals surface area contributed by atoms with Crippen molar-refractivity contribution in [1.82, 2.24) is 0 Å². The molecule has 0 spiro atoms. The molecule has 2 aromatic rings. The first-order chi connectivity index (χ1) is 10.0. The maximum Gasteiger partial charge on any atom is 4.00 e. The Labute approximate surface area is 196 Å². The summed E-state index contributed by atoms with van der Waals surface area (Å²) in [4.78, 5) is 1.94. The molecule has 0 unspecified atom stereocenters. The van der Waals surface area contributed by atoms with Gasteiger partial charge in [0.05, 0.1) is 0 Å². The van der Waals surface area contributed by atoms with Gasteiger partial charge in [-0.2, -0.15) is 9.79 Å². The Balaban J connectivity index is -0.000000346. The molecular weight excluding hydrogens is 466 g/mol. The summed E-state index contributed by atoms with van der Waals surface area (Å²) in [7, 11) is 0. The molecule has 0 fully saturated rings. The Morgan fingerprint density at radius 3 is 0.960 bits per heavy atom. The number of hydrogen-bond donors (Lipinski definition) is 0. The zero-order chi connectivity index (χ0) is 17.0. The predicted octanol–water partition coefficient (Wildman–Crippen LogP) is -0.215. The van der Waals surface area contributed by atoms with Crippen LogP contribution in [-0.2, 0) is 62.3 Å². The minimum absolute atomic E-state index is 0. The van der Waals surface area contributed by atoms with Crippen molar-refractivity contribution in [3.63, 3.8) is 0 Å². The molecule has 0 saturated heterocycles. The van der Waals surface area contributed by atoms with E-state index in [2.05, 4.69) is 53.7 Å². The van der Waals surface area contributed by atoms with Crippen LogP contribution in [0.2, 0.25) is 0 Å². The van der Waals surface area contributed by atoms with Crippen molar-refractivity contribution in [1.29, 1.82) is 0 Å². The monoisotopic (exact) mass is 490 g/mol. The van der Waals surface area contributed by atoms with Crippen molar-refractivity contribution in [2.75, 3.05) is 0 Å². The Morgan fingerprint density at radius 2 is 0.800 bits per heavy atom. The standard InChI is InChI=1S/2C10H14S.2ClH.Zr/c2*1-10(2,3)8-6-4-5-7-9(8)11;;;/h2*4-7,11H,1-3H3;2*1H;/q;;;;+4/p-4. The summed E-state index contributed by atoms with van der Waals surface area (Å²) in [5, 5.41) is 0. The van der Waals surface area contributed by atoms with E-state index in [9.17, 15) is 0 Å². The fourth-order valence-corrected chi connectivity index (χ4v) is 3.08. The molecule has 0 aliphatic carbocycles. The van der Waals surface area contributed by atoms with Crippen LogP contribution in [0.25, 0.3) is 0 Å². The molecule has 5 heteroatoms. The van der Waals surface area contributed by atoms with Crippen molar-refractivity contribution in [2.45, 2.75) is 62.2 Å². The molecule has 0 atom stereocenters. The summed E-state index contributed by atoms with van der Waals surface area (Å²) in [6, 6.07) is 16.2. The molecule has 0 amide bonds. The van der Waals surface area contributed by atoms with E-state index >= 15 is 0 Å². The maximum atomic E-state index is 5.20. The summed E-state index contributed by atoms with van der Waals surface area (Å²) in [5.41, 5.74) is 2.88. The quantitative estimate of drug-likeness (QED) is 0.467. The zero-order valence-corrected chi connectivity index (χ0v) is 21.3. The van der Waals surface area contributed by atoms with Crippen LogP contribution >= 0.6 is 0 Å². The predicted molar refractivity (Wildman–Crippen MR) is 102 cm³/mol. The summed E-state index contributed by atoms with van der Waals surface area (Å²) >= 11 is 10.4. The van der Waals surface area contributed by atoms with E-state index in [1.54, 1.807) is 0 Å². The molecule has 25 heavy (non-hydrogen) atoms. The van der Waals surface area contributed by atoms with Gasteiger partial charge in [0, 0.05) is 0 Å². The molecular formula is C20H26Cl2S2Zr. The van der Waals surface area contributed by atoms with Crippen molar-refractivity contribution < 1.29 is 51.0 Å². The molecule has 0 aliphatic heterocycles. The number of rotatable bonds is 0.